The van der Waals surface area contributed by atoms with E-state index >= 15 is 0 Å². The topological polar surface area (TPSA) is 79.9 Å². The lowest BCUT2D eigenvalue weighted by molar-refractivity contribution is -0.115. The predicted octanol–water partition coefficient (Wildman–Crippen LogP) is 8.88. The summed E-state index contributed by atoms with van der Waals surface area (Å²) in [6.07, 6.45) is 1.76. The second-order valence-electron chi connectivity index (χ2n) is 10.3. The molecule has 7 rings (SSSR count). The van der Waals surface area contributed by atoms with Crippen molar-refractivity contribution >= 4 is 80.2 Å². The second kappa shape index (κ2) is 12.8. The SMILES string of the molecule is O=C1CSC(=Nc2ccccc2)N1c1cc(-n2c(-c3ccc(N=Cc4ccc(Cl)cc4)cc3)nc3ccccc3c2=O)ccc1Cl. The molecular weight excluding hydrogens is 637 g/mol. The van der Waals surface area contributed by atoms with E-state index in [1.54, 1.807) is 35.0 Å². The number of para-hydroxylation sites is 2. The Morgan fingerprint density at radius 3 is 2.30 bits per heavy atom. The van der Waals surface area contributed by atoms with Crippen molar-refractivity contribution in [1.82, 2.24) is 9.55 Å². The molecule has 1 amide bonds. The van der Waals surface area contributed by atoms with E-state index in [4.69, 9.17) is 33.2 Å². The fraction of sp³-hybridized carbons (Fsp3) is 0.0278. The maximum absolute atomic E-state index is 14.1. The lowest BCUT2D eigenvalue weighted by atomic mass is 10.1. The number of amidine groups is 1. The Hall–Kier alpha value is -5.02. The summed E-state index contributed by atoms with van der Waals surface area (Å²) in [6.45, 7) is 0. The highest BCUT2D eigenvalue weighted by Gasteiger charge is 2.32. The van der Waals surface area contributed by atoms with Gasteiger partial charge in [-0.1, -0.05) is 77.4 Å². The third kappa shape index (κ3) is 5.98. The molecule has 10 heteroatoms. The number of halogens is 2. The molecule has 6 aromatic rings. The van der Waals surface area contributed by atoms with Crippen LogP contribution in [0.3, 0.4) is 0 Å². The lowest BCUT2D eigenvalue weighted by Crippen LogP contribution is -2.30. The van der Waals surface area contributed by atoms with Crippen molar-refractivity contribution < 1.29 is 4.79 Å². The van der Waals surface area contributed by atoms with E-state index in [-0.39, 0.29) is 17.2 Å². The van der Waals surface area contributed by atoms with Crippen molar-refractivity contribution in [1.29, 1.82) is 0 Å². The Kier molecular flexibility index (Phi) is 8.24. The van der Waals surface area contributed by atoms with Gasteiger partial charge in [0.05, 0.1) is 44.4 Å². The smallest absolute Gasteiger partial charge is 0.266 e. The molecule has 224 valence electrons. The zero-order valence-electron chi connectivity index (χ0n) is 24.0. The molecule has 1 fully saturated rings. The molecule has 1 saturated heterocycles. The van der Waals surface area contributed by atoms with Crippen LogP contribution in [0.25, 0.3) is 28.0 Å². The molecule has 0 saturated carbocycles. The van der Waals surface area contributed by atoms with Crippen LogP contribution < -0.4 is 10.5 Å². The zero-order chi connectivity index (χ0) is 31.6. The number of hydrogen-bond acceptors (Lipinski definition) is 6. The molecule has 7 nitrogen and oxygen atoms in total. The highest BCUT2D eigenvalue weighted by molar-refractivity contribution is 8.15. The summed E-state index contributed by atoms with van der Waals surface area (Å²) in [5, 5.41) is 1.99. The van der Waals surface area contributed by atoms with Gasteiger partial charge in [0.2, 0.25) is 5.91 Å². The molecule has 0 aliphatic carbocycles. The number of benzene rings is 5. The van der Waals surface area contributed by atoms with Crippen molar-refractivity contribution in [3.05, 3.63) is 147 Å². The minimum atomic E-state index is -0.251. The summed E-state index contributed by atoms with van der Waals surface area (Å²) < 4.78 is 1.55. The lowest BCUT2D eigenvalue weighted by Gasteiger charge is -2.20. The van der Waals surface area contributed by atoms with Gasteiger partial charge in [-0.3, -0.25) is 24.0 Å². The van der Waals surface area contributed by atoms with Crippen LogP contribution in [0.5, 0.6) is 0 Å². The van der Waals surface area contributed by atoms with Crippen LogP contribution in [-0.4, -0.2) is 32.6 Å². The molecule has 0 atom stereocenters. The molecule has 1 aromatic heterocycles. The number of thioether (sulfide) groups is 1. The van der Waals surface area contributed by atoms with Crippen molar-refractivity contribution in [2.24, 2.45) is 9.98 Å². The van der Waals surface area contributed by atoms with Gasteiger partial charge in [0.1, 0.15) is 5.82 Å². The maximum Gasteiger partial charge on any atom is 0.266 e. The molecule has 0 N–H and O–H groups in total. The van der Waals surface area contributed by atoms with Gasteiger partial charge < -0.3 is 0 Å². The Morgan fingerprint density at radius 2 is 1.52 bits per heavy atom. The molecule has 46 heavy (non-hydrogen) atoms. The quantitative estimate of drug-likeness (QED) is 0.167. The van der Waals surface area contributed by atoms with Crippen LogP contribution in [0.1, 0.15) is 5.56 Å². The fourth-order valence-electron chi connectivity index (χ4n) is 5.07. The number of hydrogen-bond donors (Lipinski definition) is 0. The van der Waals surface area contributed by atoms with E-state index in [1.807, 2.05) is 97.1 Å². The van der Waals surface area contributed by atoms with Crippen LogP contribution in [0.2, 0.25) is 10.0 Å². The molecule has 0 spiro atoms. The van der Waals surface area contributed by atoms with Gasteiger partial charge in [0.25, 0.3) is 5.56 Å². The summed E-state index contributed by atoms with van der Waals surface area (Å²) in [5.74, 6) is 0.505. The van der Waals surface area contributed by atoms with E-state index in [0.29, 0.717) is 48.9 Å². The molecule has 5 aromatic carbocycles. The molecule has 0 bridgehead atoms. The summed E-state index contributed by atoms with van der Waals surface area (Å²) in [4.78, 5) is 43.0. The van der Waals surface area contributed by atoms with Crippen molar-refractivity contribution in [3.8, 4) is 17.1 Å². The normalized spacial score (nSPS) is 14.2. The van der Waals surface area contributed by atoms with Crippen molar-refractivity contribution in [2.75, 3.05) is 10.7 Å². The minimum Gasteiger partial charge on any atom is -0.273 e. The highest BCUT2D eigenvalue weighted by Crippen LogP contribution is 2.36. The van der Waals surface area contributed by atoms with Crippen LogP contribution in [0.4, 0.5) is 17.1 Å². The van der Waals surface area contributed by atoms with E-state index in [1.165, 1.54) is 16.7 Å². The number of amides is 1. The number of nitrogens with zero attached hydrogens (tertiary/aromatic N) is 5. The third-order valence-electron chi connectivity index (χ3n) is 7.31. The molecule has 1 aliphatic rings. The summed E-state index contributed by atoms with van der Waals surface area (Å²) >= 11 is 14.0. The summed E-state index contributed by atoms with van der Waals surface area (Å²) in [6, 6.07) is 36.7. The number of anilines is 1. The standard InChI is InChI=1S/C36H23Cl2N5O2S/c37-25-14-10-23(11-15-25)21-39-26-16-12-24(13-17-26)34-41-31-9-5-4-8-29(31)35(45)42(34)28-18-19-30(38)32(20-28)43-33(44)22-46-36(43)40-27-6-2-1-3-7-27/h1-21H,22H2. The first kappa shape index (κ1) is 29.7. The third-order valence-corrected chi connectivity index (χ3v) is 8.80. The fourth-order valence-corrected chi connectivity index (χ4v) is 6.28. The maximum atomic E-state index is 14.1. The first-order chi connectivity index (χ1) is 22.4. The Morgan fingerprint density at radius 1 is 0.783 bits per heavy atom. The molecule has 0 unspecified atom stereocenters. The van der Waals surface area contributed by atoms with Crippen LogP contribution >= 0.6 is 35.0 Å². The van der Waals surface area contributed by atoms with E-state index in [0.717, 1.165) is 16.9 Å². The monoisotopic (exact) mass is 659 g/mol. The average Bonchev–Trinajstić information content (AvgIpc) is 3.44. The summed E-state index contributed by atoms with van der Waals surface area (Å²) in [7, 11) is 0. The van der Waals surface area contributed by atoms with Crippen molar-refractivity contribution in [3.63, 3.8) is 0 Å². The van der Waals surface area contributed by atoms with Crippen molar-refractivity contribution in [2.45, 2.75) is 0 Å². The Bertz CT molecular complexity index is 2220. The van der Waals surface area contributed by atoms with Gasteiger partial charge in [-0.05, 0) is 84.4 Å². The first-order valence-electron chi connectivity index (χ1n) is 14.3. The van der Waals surface area contributed by atoms with Gasteiger partial charge in [0.15, 0.2) is 5.17 Å². The number of aliphatic imine (C=N–C) groups is 2. The van der Waals surface area contributed by atoms with Gasteiger partial charge >= 0.3 is 0 Å². The Labute approximate surface area is 278 Å². The number of carbonyl (C=O) groups is 1. The predicted molar refractivity (Wildman–Crippen MR) is 190 cm³/mol. The molecule has 1 aliphatic heterocycles. The van der Waals surface area contributed by atoms with Crippen LogP contribution in [0, 0.1) is 0 Å². The highest BCUT2D eigenvalue weighted by atomic mass is 35.5. The molecular formula is C36H23Cl2N5O2S. The van der Waals surface area contributed by atoms with Crippen LogP contribution in [-0.2, 0) is 4.79 Å². The molecule has 2 heterocycles. The van der Waals surface area contributed by atoms with Gasteiger partial charge in [-0.15, -0.1) is 0 Å². The number of aromatic nitrogens is 2. The van der Waals surface area contributed by atoms with E-state index < -0.39 is 0 Å². The zero-order valence-corrected chi connectivity index (χ0v) is 26.4. The average molecular weight is 661 g/mol. The Balaban J connectivity index is 1.32. The van der Waals surface area contributed by atoms with Gasteiger partial charge in [-0.2, -0.15) is 0 Å². The number of carbonyl (C=O) groups excluding carboxylic acids is 1. The largest absolute Gasteiger partial charge is 0.273 e. The molecule has 0 radical (unpaired) electrons. The first-order valence-corrected chi connectivity index (χ1v) is 16.0. The van der Waals surface area contributed by atoms with Crippen LogP contribution in [0.15, 0.2) is 136 Å². The van der Waals surface area contributed by atoms with E-state index in [9.17, 15) is 9.59 Å². The van der Waals surface area contributed by atoms with Gasteiger partial charge in [0, 0.05) is 16.8 Å². The summed E-state index contributed by atoms with van der Waals surface area (Å²) in [5.41, 5.74) is 4.34. The second-order valence-corrected chi connectivity index (χ2v) is 12.1. The van der Waals surface area contributed by atoms with Gasteiger partial charge in [-0.25, -0.2) is 9.98 Å². The number of fused-ring (bicyclic) bond motifs is 1. The van der Waals surface area contributed by atoms with E-state index in [2.05, 4.69) is 4.99 Å². The number of rotatable bonds is 6. The minimum absolute atomic E-state index is 0.155.